The number of hydrogen-bond acceptors (Lipinski definition) is 4. The van der Waals surface area contributed by atoms with E-state index in [1.54, 1.807) is 0 Å². The summed E-state index contributed by atoms with van der Waals surface area (Å²) in [5.41, 5.74) is 1.29. The first-order chi connectivity index (χ1) is 12.1. The van der Waals surface area contributed by atoms with Gasteiger partial charge in [-0.3, -0.25) is 4.79 Å². The zero-order chi connectivity index (χ0) is 17.4. The summed E-state index contributed by atoms with van der Waals surface area (Å²) in [5.74, 6) is 2.99. The van der Waals surface area contributed by atoms with Gasteiger partial charge in [0.1, 0.15) is 0 Å². The van der Waals surface area contributed by atoms with Crippen molar-refractivity contribution in [1.29, 1.82) is 0 Å². The number of likely N-dealkylation sites (tertiary alicyclic amines) is 1. The van der Waals surface area contributed by atoms with E-state index in [2.05, 4.69) is 48.3 Å². The molecule has 2 aromatic rings. The van der Waals surface area contributed by atoms with Crippen LogP contribution in [0.3, 0.4) is 0 Å². The summed E-state index contributed by atoms with van der Waals surface area (Å²) >= 11 is 0. The van der Waals surface area contributed by atoms with Gasteiger partial charge in [-0.2, -0.15) is 4.98 Å². The number of benzene rings is 1. The zero-order valence-electron chi connectivity index (χ0n) is 14.9. The molecule has 1 aliphatic carbocycles. The molecule has 0 spiro atoms. The molecule has 5 heteroatoms. The van der Waals surface area contributed by atoms with Crippen molar-refractivity contribution < 1.29 is 9.32 Å². The molecule has 1 aliphatic heterocycles. The van der Waals surface area contributed by atoms with Gasteiger partial charge in [0, 0.05) is 30.8 Å². The van der Waals surface area contributed by atoms with Crippen LogP contribution in [0.2, 0.25) is 0 Å². The molecule has 2 aliphatic rings. The minimum atomic E-state index is 0.176. The lowest BCUT2D eigenvalue weighted by molar-refractivity contribution is -0.133. The van der Waals surface area contributed by atoms with E-state index >= 15 is 0 Å². The van der Waals surface area contributed by atoms with Gasteiger partial charge in [0.05, 0.1) is 0 Å². The highest BCUT2D eigenvalue weighted by atomic mass is 16.5. The summed E-state index contributed by atoms with van der Waals surface area (Å²) in [4.78, 5) is 19.3. The summed E-state index contributed by atoms with van der Waals surface area (Å²) in [5, 5.41) is 4.06. The number of nitrogens with zero attached hydrogens (tertiary/aromatic N) is 3. The Morgan fingerprint density at radius 2 is 1.92 bits per heavy atom. The SMILES string of the molecule is CC(C)c1noc(C2CCN(C(=O)C3CC3c3ccccc3)CC2)n1. The number of amides is 1. The lowest BCUT2D eigenvalue weighted by Crippen LogP contribution is -2.39. The Hall–Kier alpha value is -2.17. The standard InChI is InChI=1S/C20H25N3O2/c1-13(2)18-21-19(25-22-18)15-8-10-23(11-9-15)20(24)17-12-16(17)14-6-4-3-5-7-14/h3-7,13,15-17H,8-12H2,1-2H3. The molecule has 0 bridgehead atoms. The first-order valence-electron chi connectivity index (χ1n) is 9.30. The summed E-state index contributed by atoms with van der Waals surface area (Å²) in [6.45, 7) is 5.71. The van der Waals surface area contributed by atoms with Crippen LogP contribution in [0, 0.1) is 5.92 Å². The summed E-state index contributed by atoms with van der Waals surface area (Å²) in [6.07, 6.45) is 2.81. The predicted octanol–water partition coefficient (Wildman–Crippen LogP) is 3.70. The maximum absolute atomic E-state index is 12.8. The van der Waals surface area contributed by atoms with Crippen LogP contribution in [-0.2, 0) is 4.79 Å². The van der Waals surface area contributed by atoms with Gasteiger partial charge in [-0.05, 0) is 30.7 Å². The molecule has 1 amide bonds. The Balaban J connectivity index is 1.32. The molecule has 1 aromatic carbocycles. The fourth-order valence-corrected chi connectivity index (χ4v) is 3.77. The summed E-state index contributed by atoms with van der Waals surface area (Å²) in [7, 11) is 0. The molecule has 1 aromatic heterocycles. The van der Waals surface area contributed by atoms with E-state index in [4.69, 9.17) is 4.52 Å². The monoisotopic (exact) mass is 339 g/mol. The van der Waals surface area contributed by atoms with Gasteiger partial charge in [-0.25, -0.2) is 0 Å². The van der Waals surface area contributed by atoms with Crippen molar-refractivity contribution in [3.63, 3.8) is 0 Å². The molecular formula is C20H25N3O2. The average Bonchev–Trinajstić information content (AvgIpc) is 3.29. The molecule has 2 fully saturated rings. The van der Waals surface area contributed by atoms with E-state index in [1.165, 1.54) is 5.56 Å². The maximum atomic E-state index is 12.8. The predicted molar refractivity (Wildman–Crippen MR) is 94.2 cm³/mol. The van der Waals surface area contributed by atoms with E-state index < -0.39 is 0 Å². The molecule has 0 N–H and O–H groups in total. The number of aromatic nitrogens is 2. The number of carbonyl (C=O) groups excluding carboxylic acids is 1. The molecule has 4 rings (SSSR count). The highest BCUT2D eigenvalue weighted by molar-refractivity contribution is 5.83. The summed E-state index contributed by atoms with van der Waals surface area (Å²) < 4.78 is 5.43. The molecular weight excluding hydrogens is 314 g/mol. The highest BCUT2D eigenvalue weighted by Crippen LogP contribution is 2.48. The Labute approximate surface area is 148 Å². The second-order valence-corrected chi connectivity index (χ2v) is 7.60. The van der Waals surface area contributed by atoms with Crippen LogP contribution in [0.15, 0.2) is 34.9 Å². The van der Waals surface area contributed by atoms with Gasteiger partial charge in [0.25, 0.3) is 0 Å². The smallest absolute Gasteiger partial charge is 0.229 e. The Kier molecular flexibility index (Phi) is 4.32. The van der Waals surface area contributed by atoms with E-state index in [0.717, 1.165) is 44.1 Å². The third-order valence-electron chi connectivity index (χ3n) is 5.47. The van der Waals surface area contributed by atoms with Crippen LogP contribution in [0.5, 0.6) is 0 Å². The quantitative estimate of drug-likeness (QED) is 0.852. The van der Waals surface area contributed by atoms with Gasteiger partial charge in [-0.1, -0.05) is 49.3 Å². The molecule has 132 valence electrons. The fourth-order valence-electron chi connectivity index (χ4n) is 3.77. The van der Waals surface area contributed by atoms with Gasteiger partial charge < -0.3 is 9.42 Å². The topological polar surface area (TPSA) is 59.2 Å². The fraction of sp³-hybridized carbons (Fsp3) is 0.550. The lowest BCUT2D eigenvalue weighted by atomic mass is 9.96. The average molecular weight is 339 g/mol. The minimum absolute atomic E-state index is 0.176. The van der Waals surface area contributed by atoms with Crippen LogP contribution >= 0.6 is 0 Å². The lowest BCUT2D eigenvalue weighted by Gasteiger charge is -2.30. The molecule has 2 unspecified atom stereocenters. The largest absolute Gasteiger partial charge is 0.342 e. The van der Waals surface area contributed by atoms with Crippen molar-refractivity contribution >= 4 is 5.91 Å². The van der Waals surface area contributed by atoms with Crippen molar-refractivity contribution in [1.82, 2.24) is 15.0 Å². The highest BCUT2D eigenvalue weighted by Gasteiger charge is 2.46. The Bertz CT molecular complexity index is 732. The minimum Gasteiger partial charge on any atom is -0.342 e. The molecule has 2 atom stereocenters. The first-order valence-corrected chi connectivity index (χ1v) is 9.30. The number of rotatable bonds is 4. The van der Waals surface area contributed by atoms with Crippen molar-refractivity contribution in [3.8, 4) is 0 Å². The van der Waals surface area contributed by atoms with Gasteiger partial charge in [-0.15, -0.1) is 0 Å². The second-order valence-electron chi connectivity index (χ2n) is 7.60. The Morgan fingerprint density at radius 3 is 2.56 bits per heavy atom. The maximum Gasteiger partial charge on any atom is 0.229 e. The molecule has 0 radical (unpaired) electrons. The van der Waals surface area contributed by atoms with Crippen LogP contribution in [0.4, 0.5) is 0 Å². The number of carbonyl (C=O) groups is 1. The molecule has 1 saturated carbocycles. The molecule has 5 nitrogen and oxygen atoms in total. The zero-order valence-corrected chi connectivity index (χ0v) is 14.9. The number of hydrogen-bond donors (Lipinski definition) is 0. The first kappa shape index (κ1) is 16.3. The van der Waals surface area contributed by atoms with E-state index in [9.17, 15) is 4.79 Å². The third-order valence-corrected chi connectivity index (χ3v) is 5.47. The van der Waals surface area contributed by atoms with Crippen LogP contribution in [0.25, 0.3) is 0 Å². The number of piperidine rings is 1. The van der Waals surface area contributed by atoms with E-state index in [1.807, 2.05) is 11.0 Å². The van der Waals surface area contributed by atoms with Crippen LogP contribution in [0.1, 0.15) is 68.1 Å². The summed E-state index contributed by atoms with van der Waals surface area (Å²) in [6, 6.07) is 10.4. The van der Waals surface area contributed by atoms with E-state index in [-0.39, 0.29) is 17.8 Å². The Morgan fingerprint density at radius 1 is 1.20 bits per heavy atom. The normalized spacial score (nSPS) is 23.9. The molecule has 25 heavy (non-hydrogen) atoms. The molecule has 2 heterocycles. The van der Waals surface area contributed by atoms with Crippen molar-refractivity contribution in [3.05, 3.63) is 47.6 Å². The van der Waals surface area contributed by atoms with Crippen molar-refractivity contribution in [2.75, 3.05) is 13.1 Å². The van der Waals surface area contributed by atoms with Gasteiger partial charge in [0.15, 0.2) is 5.82 Å². The van der Waals surface area contributed by atoms with Crippen molar-refractivity contribution in [2.24, 2.45) is 5.92 Å². The van der Waals surface area contributed by atoms with Gasteiger partial charge in [0.2, 0.25) is 11.8 Å². The van der Waals surface area contributed by atoms with E-state index in [0.29, 0.717) is 11.8 Å². The van der Waals surface area contributed by atoms with Crippen molar-refractivity contribution in [2.45, 2.75) is 50.9 Å². The van der Waals surface area contributed by atoms with Gasteiger partial charge >= 0.3 is 0 Å². The molecule has 1 saturated heterocycles. The second kappa shape index (κ2) is 6.62. The van der Waals surface area contributed by atoms with Crippen LogP contribution < -0.4 is 0 Å². The third kappa shape index (κ3) is 3.32. The van der Waals surface area contributed by atoms with Crippen LogP contribution in [-0.4, -0.2) is 34.0 Å².